The first kappa shape index (κ1) is 31.7. The normalized spacial score (nSPS) is 17.6. The summed E-state index contributed by atoms with van der Waals surface area (Å²) in [7, 11) is 3.24. The molecule has 1 aromatic heterocycles. The Morgan fingerprint density at radius 1 is 0.851 bits per heavy atom. The van der Waals surface area contributed by atoms with E-state index in [0.717, 1.165) is 16.7 Å². The van der Waals surface area contributed by atoms with Crippen molar-refractivity contribution in [2.24, 2.45) is 0 Å². The van der Waals surface area contributed by atoms with Gasteiger partial charge in [0.25, 0.3) is 5.91 Å². The fraction of sp³-hybridized carbons (Fsp3) is 0.216. The Labute approximate surface area is 272 Å². The molecule has 5 aromatic rings. The predicted molar refractivity (Wildman–Crippen MR) is 176 cm³/mol. The summed E-state index contributed by atoms with van der Waals surface area (Å²) in [6.07, 6.45) is -0.870. The molecule has 2 N–H and O–H groups in total. The zero-order chi connectivity index (χ0) is 32.8. The number of anilines is 1. The van der Waals surface area contributed by atoms with Gasteiger partial charge in [-0.25, -0.2) is 4.79 Å². The highest BCUT2D eigenvalue weighted by molar-refractivity contribution is 6.03. The van der Waals surface area contributed by atoms with E-state index >= 15 is 0 Å². The van der Waals surface area contributed by atoms with Crippen LogP contribution in [0.25, 0.3) is 0 Å². The lowest BCUT2D eigenvalue weighted by atomic mass is 9.80. The molecule has 2 heterocycles. The number of rotatable bonds is 11. The molecule has 47 heavy (non-hydrogen) atoms. The van der Waals surface area contributed by atoms with E-state index in [1.807, 2.05) is 78.9 Å². The number of carbonyl (C=O) groups excluding carboxylic acids is 1. The van der Waals surface area contributed by atoms with Crippen LogP contribution in [0.2, 0.25) is 0 Å². The van der Waals surface area contributed by atoms with E-state index in [1.54, 1.807) is 44.6 Å². The minimum Gasteiger partial charge on any atom is -0.497 e. The van der Waals surface area contributed by atoms with Crippen LogP contribution in [0.3, 0.4) is 0 Å². The van der Waals surface area contributed by atoms with Crippen LogP contribution in [0, 0.1) is 0 Å². The Hall–Kier alpha value is -5.29. The molecule has 240 valence electrons. The van der Waals surface area contributed by atoms with E-state index in [0.29, 0.717) is 17.1 Å². The molecule has 1 fully saturated rings. The Kier molecular flexibility index (Phi) is 9.44. The van der Waals surface area contributed by atoms with Crippen molar-refractivity contribution < 1.29 is 28.8 Å². The van der Waals surface area contributed by atoms with Gasteiger partial charge in [0.1, 0.15) is 29.0 Å². The summed E-state index contributed by atoms with van der Waals surface area (Å²) in [4.78, 5) is 29.6. The lowest BCUT2D eigenvalue weighted by molar-refractivity contribution is -0.0875. The zero-order valence-corrected chi connectivity index (χ0v) is 26.0. The van der Waals surface area contributed by atoms with Crippen LogP contribution in [-0.4, -0.2) is 53.6 Å². The van der Waals surface area contributed by atoms with Crippen LogP contribution in [0.4, 0.5) is 5.82 Å². The molecule has 6 rings (SSSR count). The number of methoxy groups -OCH3 is 2. The van der Waals surface area contributed by atoms with Crippen molar-refractivity contribution >= 4 is 11.7 Å². The van der Waals surface area contributed by atoms with Crippen LogP contribution in [0.15, 0.2) is 126 Å². The fourth-order valence-electron chi connectivity index (χ4n) is 5.83. The van der Waals surface area contributed by atoms with Crippen molar-refractivity contribution in [3.8, 4) is 11.5 Å². The summed E-state index contributed by atoms with van der Waals surface area (Å²) in [5.41, 5.74) is 1.31. The van der Waals surface area contributed by atoms with Crippen LogP contribution < -0.4 is 20.5 Å². The summed E-state index contributed by atoms with van der Waals surface area (Å²) < 4.78 is 25.2. The van der Waals surface area contributed by atoms with Gasteiger partial charge in [-0.15, -0.1) is 0 Å². The maximum absolute atomic E-state index is 13.0. The number of benzene rings is 4. The first-order chi connectivity index (χ1) is 22.9. The van der Waals surface area contributed by atoms with Crippen LogP contribution >= 0.6 is 0 Å². The Bertz CT molecular complexity index is 1800. The van der Waals surface area contributed by atoms with Gasteiger partial charge in [0, 0.05) is 18.2 Å². The smallest absolute Gasteiger partial charge is 0.351 e. The van der Waals surface area contributed by atoms with Crippen molar-refractivity contribution in [2.75, 3.05) is 26.1 Å². The van der Waals surface area contributed by atoms with Gasteiger partial charge in [-0.3, -0.25) is 9.36 Å². The lowest BCUT2D eigenvalue weighted by Crippen LogP contribution is -2.36. The second kappa shape index (κ2) is 14.0. The Balaban J connectivity index is 1.26. The minimum atomic E-state index is -1.07. The van der Waals surface area contributed by atoms with Crippen molar-refractivity contribution in [2.45, 2.75) is 30.5 Å². The molecule has 10 heteroatoms. The largest absolute Gasteiger partial charge is 0.497 e. The van der Waals surface area contributed by atoms with E-state index in [2.05, 4.69) is 10.3 Å². The second-order valence-electron chi connectivity index (χ2n) is 11.1. The summed E-state index contributed by atoms with van der Waals surface area (Å²) in [6.45, 7) is 0.0912. The predicted octanol–water partition coefficient (Wildman–Crippen LogP) is 5.17. The van der Waals surface area contributed by atoms with Gasteiger partial charge < -0.3 is 29.4 Å². The first-order valence-corrected chi connectivity index (χ1v) is 15.2. The number of carbonyl (C=O) groups is 1. The number of hydrogen-bond donors (Lipinski definition) is 2. The minimum absolute atomic E-state index is 0.0912. The van der Waals surface area contributed by atoms with Gasteiger partial charge in [0.05, 0.1) is 26.9 Å². The topological polar surface area (TPSA) is 121 Å². The van der Waals surface area contributed by atoms with Gasteiger partial charge in [0.2, 0.25) is 0 Å². The molecule has 1 saturated heterocycles. The highest BCUT2D eigenvalue weighted by atomic mass is 16.6. The molecular formula is C37H35N3O7. The molecule has 4 aromatic carbocycles. The number of aliphatic hydroxyl groups excluding tert-OH is 1. The van der Waals surface area contributed by atoms with Gasteiger partial charge >= 0.3 is 5.69 Å². The molecule has 0 bridgehead atoms. The quantitative estimate of drug-likeness (QED) is 0.191. The Morgan fingerprint density at radius 2 is 1.40 bits per heavy atom. The summed E-state index contributed by atoms with van der Waals surface area (Å²) in [5.74, 6) is 1.12. The molecule has 1 aliphatic heterocycles. The molecule has 0 radical (unpaired) electrons. The number of nitrogens with zero attached hydrogens (tertiary/aromatic N) is 2. The van der Waals surface area contributed by atoms with Gasteiger partial charge in [0.15, 0.2) is 6.23 Å². The molecule has 0 aliphatic carbocycles. The number of amides is 1. The van der Waals surface area contributed by atoms with E-state index in [9.17, 15) is 14.7 Å². The van der Waals surface area contributed by atoms with Gasteiger partial charge in [-0.1, -0.05) is 72.8 Å². The highest BCUT2D eigenvalue weighted by Gasteiger charge is 2.41. The summed E-state index contributed by atoms with van der Waals surface area (Å²) >= 11 is 0. The third-order valence-corrected chi connectivity index (χ3v) is 8.21. The molecule has 10 nitrogen and oxygen atoms in total. The SMILES string of the molecule is COc1ccc(C(OCC2CC(O)C(n3ccc(NC(=O)c4ccccc4)nc3=O)O2)(c2ccccc2)c2ccc(OC)cc2)cc1. The fourth-order valence-corrected chi connectivity index (χ4v) is 5.83. The van der Waals surface area contributed by atoms with Crippen molar-refractivity contribution in [1.82, 2.24) is 9.55 Å². The van der Waals surface area contributed by atoms with E-state index < -0.39 is 29.7 Å². The molecule has 0 saturated carbocycles. The van der Waals surface area contributed by atoms with E-state index in [1.165, 1.54) is 16.8 Å². The number of nitrogens with one attached hydrogen (secondary N) is 1. The highest BCUT2D eigenvalue weighted by Crippen LogP contribution is 2.42. The number of ether oxygens (including phenoxy) is 4. The molecule has 3 atom stereocenters. The van der Waals surface area contributed by atoms with Crippen molar-refractivity contribution in [3.63, 3.8) is 0 Å². The third-order valence-electron chi connectivity index (χ3n) is 8.21. The average Bonchev–Trinajstić information content (AvgIpc) is 3.49. The van der Waals surface area contributed by atoms with Crippen LogP contribution in [0.1, 0.15) is 39.7 Å². The molecule has 1 aliphatic rings. The third kappa shape index (κ3) is 6.66. The number of hydrogen-bond acceptors (Lipinski definition) is 8. The van der Waals surface area contributed by atoms with Gasteiger partial charge in [-0.05, 0) is 59.2 Å². The maximum atomic E-state index is 13.0. The summed E-state index contributed by atoms with van der Waals surface area (Å²) in [5, 5.41) is 13.7. The zero-order valence-electron chi connectivity index (χ0n) is 26.0. The number of aromatic nitrogens is 2. The van der Waals surface area contributed by atoms with Gasteiger partial charge in [-0.2, -0.15) is 4.98 Å². The maximum Gasteiger partial charge on any atom is 0.351 e. The van der Waals surface area contributed by atoms with E-state index in [-0.39, 0.29) is 24.8 Å². The van der Waals surface area contributed by atoms with Crippen molar-refractivity contribution in [1.29, 1.82) is 0 Å². The van der Waals surface area contributed by atoms with Crippen LogP contribution in [-0.2, 0) is 15.1 Å². The number of aliphatic hydroxyl groups is 1. The lowest BCUT2D eigenvalue weighted by Gasteiger charge is -2.37. The first-order valence-electron chi connectivity index (χ1n) is 15.2. The second-order valence-corrected chi connectivity index (χ2v) is 11.1. The average molecular weight is 634 g/mol. The van der Waals surface area contributed by atoms with E-state index in [4.69, 9.17) is 18.9 Å². The Morgan fingerprint density at radius 3 is 1.96 bits per heavy atom. The molecular weight excluding hydrogens is 598 g/mol. The molecule has 3 unspecified atom stereocenters. The standard InChI is InChI=1S/C37H35N3O7/c1-44-29-17-13-27(14-18-29)37(26-11-7-4-8-12-26,28-15-19-30(45-2)20-16-28)46-24-31-23-32(41)35(47-31)40-22-21-33(39-36(40)43)38-34(42)25-9-5-3-6-10-25/h3-22,31-32,35,41H,23-24H2,1-2H3,(H,38,39,42,43). The summed E-state index contributed by atoms with van der Waals surface area (Å²) in [6, 6.07) is 35.4. The van der Waals surface area contributed by atoms with Crippen molar-refractivity contribution in [3.05, 3.63) is 154 Å². The molecule has 1 amide bonds. The monoisotopic (exact) mass is 633 g/mol. The van der Waals surface area contributed by atoms with Crippen LogP contribution in [0.5, 0.6) is 11.5 Å². The molecule has 0 spiro atoms.